The van der Waals surface area contributed by atoms with Crippen molar-refractivity contribution in [3.8, 4) is 0 Å². The molecule has 27 heavy (non-hydrogen) atoms. The normalized spacial score (nSPS) is 10.8. The van der Waals surface area contributed by atoms with Crippen LogP contribution in [0.3, 0.4) is 0 Å². The minimum atomic E-state index is -0.440. The quantitative estimate of drug-likeness (QED) is 0.603. The van der Waals surface area contributed by atoms with Crippen LogP contribution in [0.1, 0.15) is 21.7 Å². The number of carbonyl (C=O) groups is 1. The standard InChI is InChI=1S/C20H18ClFN2O2S/c1-13-18(10-15-7-8-17(22)16(21)9-15)27-20(23-13)24-19(25)12-26-11-14-5-3-2-4-6-14/h2-9H,10-12H2,1H3,(H,23,24,25). The van der Waals surface area contributed by atoms with Gasteiger partial charge in [0.05, 0.1) is 17.3 Å². The van der Waals surface area contributed by atoms with Crippen LogP contribution in [0.2, 0.25) is 5.02 Å². The van der Waals surface area contributed by atoms with Crippen LogP contribution in [0.25, 0.3) is 0 Å². The second-order valence-electron chi connectivity index (χ2n) is 5.98. The molecule has 0 radical (unpaired) electrons. The molecule has 0 saturated carbocycles. The van der Waals surface area contributed by atoms with E-state index in [1.54, 1.807) is 12.1 Å². The van der Waals surface area contributed by atoms with Crippen molar-refractivity contribution in [2.24, 2.45) is 0 Å². The lowest BCUT2D eigenvalue weighted by Gasteiger charge is -2.04. The first-order chi connectivity index (χ1) is 13.0. The van der Waals surface area contributed by atoms with E-state index >= 15 is 0 Å². The number of aromatic nitrogens is 1. The molecule has 0 atom stereocenters. The van der Waals surface area contributed by atoms with Crippen molar-refractivity contribution < 1.29 is 13.9 Å². The SMILES string of the molecule is Cc1nc(NC(=O)COCc2ccccc2)sc1Cc1ccc(F)c(Cl)c1. The smallest absolute Gasteiger partial charge is 0.252 e. The number of nitrogens with zero attached hydrogens (tertiary/aromatic N) is 1. The number of hydrogen-bond donors (Lipinski definition) is 1. The Labute approximate surface area is 166 Å². The second-order valence-corrected chi connectivity index (χ2v) is 7.47. The Morgan fingerprint density at radius 1 is 1.22 bits per heavy atom. The van der Waals surface area contributed by atoms with Crippen molar-refractivity contribution in [2.75, 3.05) is 11.9 Å². The summed E-state index contributed by atoms with van der Waals surface area (Å²) in [5.74, 6) is -0.694. The van der Waals surface area contributed by atoms with Gasteiger partial charge >= 0.3 is 0 Å². The first kappa shape index (κ1) is 19.5. The molecule has 0 bridgehead atoms. The Hall–Kier alpha value is -2.28. The van der Waals surface area contributed by atoms with E-state index in [0.717, 1.165) is 21.7 Å². The number of hydrogen-bond acceptors (Lipinski definition) is 4. The fourth-order valence-electron chi connectivity index (χ4n) is 2.47. The average molecular weight is 405 g/mol. The predicted molar refractivity (Wildman–Crippen MR) is 106 cm³/mol. The van der Waals surface area contributed by atoms with Gasteiger partial charge in [0.25, 0.3) is 5.91 Å². The number of benzene rings is 2. The topological polar surface area (TPSA) is 51.2 Å². The van der Waals surface area contributed by atoms with Gasteiger partial charge in [-0.15, -0.1) is 11.3 Å². The maximum atomic E-state index is 13.3. The number of anilines is 1. The molecular formula is C20H18ClFN2O2S. The van der Waals surface area contributed by atoms with E-state index in [9.17, 15) is 9.18 Å². The van der Waals surface area contributed by atoms with Gasteiger partial charge in [0, 0.05) is 11.3 Å². The third-order valence-electron chi connectivity index (χ3n) is 3.83. The highest BCUT2D eigenvalue weighted by atomic mass is 35.5. The van der Waals surface area contributed by atoms with E-state index in [4.69, 9.17) is 16.3 Å². The Bertz CT molecular complexity index is 931. The molecule has 4 nitrogen and oxygen atoms in total. The molecule has 0 saturated heterocycles. The second kappa shape index (κ2) is 9.08. The maximum absolute atomic E-state index is 13.3. The summed E-state index contributed by atoms with van der Waals surface area (Å²) >= 11 is 7.22. The lowest BCUT2D eigenvalue weighted by atomic mass is 10.1. The average Bonchev–Trinajstić information content (AvgIpc) is 2.98. The third kappa shape index (κ3) is 5.60. The van der Waals surface area contributed by atoms with Crippen LogP contribution < -0.4 is 5.32 Å². The number of nitrogens with one attached hydrogen (secondary N) is 1. The van der Waals surface area contributed by atoms with Gasteiger partial charge in [0.15, 0.2) is 5.13 Å². The van der Waals surface area contributed by atoms with Crippen LogP contribution in [0.4, 0.5) is 9.52 Å². The molecule has 1 aromatic heterocycles. The van der Waals surface area contributed by atoms with Crippen LogP contribution >= 0.6 is 22.9 Å². The Morgan fingerprint density at radius 3 is 2.74 bits per heavy atom. The number of amides is 1. The van der Waals surface area contributed by atoms with Gasteiger partial charge in [-0.05, 0) is 30.2 Å². The highest BCUT2D eigenvalue weighted by molar-refractivity contribution is 7.15. The van der Waals surface area contributed by atoms with E-state index in [1.807, 2.05) is 37.3 Å². The van der Waals surface area contributed by atoms with Crippen molar-refractivity contribution in [2.45, 2.75) is 20.0 Å². The molecule has 3 rings (SSSR count). The number of halogens is 2. The van der Waals surface area contributed by atoms with E-state index in [2.05, 4.69) is 10.3 Å². The fourth-order valence-corrected chi connectivity index (χ4v) is 3.69. The van der Waals surface area contributed by atoms with Crippen LogP contribution in [0.15, 0.2) is 48.5 Å². The maximum Gasteiger partial charge on any atom is 0.252 e. The van der Waals surface area contributed by atoms with E-state index in [-0.39, 0.29) is 17.5 Å². The molecule has 3 aromatic rings. The summed E-state index contributed by atoms with van der Waals surface area (Å²) in [5, 5.41) is 3.37. The summed E-state index contributed by atoms with van der Waals surface area (Å²) in [7, 11) is 0. The molecule has 0 aliphatic carbocycles. The summed E-state index contributed by atoms with van der Waals surface area (Å²) in [6.45, 7) is 2.21. The lowest BCUT2D eigenvalue weighted by Crippen LogP contribution is -2.18. The van der Waals surface area contributed by atoms with Crippen molar-refractivity contribution in [1.82, 2.24) is 4.98 Å². The van der Waals surface area contributed by atoms with Gasteiger partial charge in [-0.1, -0.05) is 48.0 Å². The Kier molecular flexibility index (Phi) is 6.55. The van der Waals surface area contributed by atoms with Gasteiger partial charge in [0.2, 0.25) is 0 Å². The molecule has 1 N–H and O–H groups in total. The Morgan fingerprint density at radius 2 is 2.00 bits per heavy atom. The summed E-state index contributed by atoms with van der Waals surface area (Å²) < 4.78 is 18.7. The minimum absolute atomic E-state index is 0.0452. The molecule has 0 fully saturated rings. The molecular weight excluding hydrogens is 387 g/mol. The third-order valence-corrected chi connectivity index (χ3v) is 5.19. The first-order valence-electron chi connectivity index (χ1n) is 8.33. The van der Waals surface area contributed by atoms with Crippen molar-refractivity contribution in [1.29, 1.82) is 0 Å². The van der Waals surface area contributed by atoms with E-state index < -0.39 is 5.82 Å². The monoisotopic (exact) mass is 404 g/mol. The summed E-state index contributed by atoms with van der Waals surface area (Å²) in [6.07, 6.45) is 0.573. The summed E-state index contributed by atoms with van der Waals surface area (Å²) in [6, 6.07) is 14.3. The van der Waals surface area contributed by atoms with E-state index in [0.29, 0.717) is 18.2 Å². The van der Waals surface area contributed by atoms with Gasteiger partial charge < -0.3 is 4.74 Å². The number of aryl methyl sites for hydroxylation is 1. The molecule has 140 valence electrons. The zero-order valence-electron chi connectivity index (χ0n) is 14.7. The molecule has 1 amide bonds. The highest BCUT2D eigenvalue weighted by Gasteiger charge is 2.12. The zero-order chi connectivity index (χ0) is 19.2. The number of thiazole rings is 1. The summed E-state index contributed by atoms with van der Waals surface area (Å²) in [4.78, 5) is 17.4. The van der Waals surface area contributed by atoms with Crippen LogP contribution in [0.5, 0.6) is 0 Å². The fraction of sp³-hybridized carbons (Fsp3) is 0.200. The van der Waals surface area contributed by atoms with Gasteiger partial charge in [0.1, 0.15) is 12.4 Å². The van der Waals surface area contributed by atoms with E-state index in [1.165, 1.54) is 17.4 Å². The number of carbonyl (C=O) groups excluding carboxylic acids is 1. The van der Waals surface area contributed by atoms with Crippen molar-refractivity contribution in [3.05, 3.63) is 81.1 Å². The molecule has 1 heterocycles. The molecule has 2 aromatic carbocycles. The molecule has 0 aliphatic rings. The first-order valence-corrected chi connectivity index (χ1v) is 9.52. The number of rotatable bonds is 7. The zero-order valence-corrected chi connectivity index (χ0v) is 16.2. The Balaban J connectivity index is 1.54. The highest BCUT2D eigenvalue weighted by Crippen LogP contribution is 2.26. The van der Waals surface area contributed by atoms with Gasteiger partial charge in [-0.25, -0.2) is 9.37 Å². The minimum Gasteiger partial charge on any atom is -0.367 e. The molecule has 7 heteroatoms. The van der Waals surface area contributed by atoms with Gasteiger partial charge in [-0.2, -0.15) is 0 Å². The van der Waals surface area contributed by atoms with Crippen molar-refractivity contribution in [3.63, 3.8) is 0 Å². The molecule has 0 aliphatic heterocycles. The molecule has 0 unspecified atom stereocenters. The number of ether oxygens (including phenoxy) is 1. The van der Waals surface area contributed by atoms with Gasteiger partial charge in [-0.3, -0.25) is 10.1 Å². The molecule has 0 spiro atoms. The lowest BCUT2D eigenvalue weighted by molar-refractivity contribution is -0.121. The van der Waals surface area contributed by atoms with Crippen LogP contribution in [-0.2, 0) is 22.6 Å². The summed E-state index contributed by atoms with van der Waals surface area (Å²) in [5.41, 5.74) is 2.72. The van der Waals surface area contributed by atoms with Crippen LogP contribution in [0, 0.1) is 12.7 Å². The van der Waals surface area contributed by atoms with Crippen molar-refractivity contribution >= 4 is 34.0 Å². The largest absolute Gasteiger partial charge is 0.367 e. The predicted octanol–water partition coefficient (Wildman–Crippen LogP) is 4.99. The van der Waals surface area contributed by atoms with Crippen LogP contribution in [-0.4, -0.2) is 17.5 Å².